The van der Waals surface area contributed by atoms with E-state index in [0.717, 1.165) is 11.3 Å². The van der Waals surface area contributed by atoms with Crippen molar-refractivity contribution in [2.45, 2.75) is 6.61 Å². The first-order chi connectivity index (χ1) is 10.1. The molecule has 110 valence electrons. The van der Waals surface area contributed by atoms with Crippen LogP contribution in [-0.4, -0.2) is 25.3 Å². The van der Waals surface area contributed by atoms with Gasteiger partial charge in [-0.05, 0) is 35.9 Å². The van der Waals surface area contributed by atoms with Crippen molar-refractivity contribution in [1.29, 1.82) is 0 Å². The summed E-state index contributed by atoms with van der Waals surface area (Å²) in [6.45, 7) is 0.333. The summed E-state index contributed by atoms with van der Waals surface area (Å²) >= 11 is 0. The van der Waals surface area contributed by atoms with Gasteiger partial charge < -0.3 is 19.3 Å². The van der Waals surface area contributed by atoms with Crippen molar-refractivity contribution < 1.29 is 24.1 Å². The van der Waals surface area contributed by atoms with Gasteiger partial charge in [-0.15, -0.1) is 0 Å². The largest absolute Gasteiger partial charge is 0.497 e. The number of ether oxygens (including phenoxy) is 3. The number of carboxylic acids is 1. The summed E-state index contributed by atoms with van der Waals surface area (Å²) in [6, 6.07) is 12.0. The van der Waals surface area contributed by atoms with Crippen LogP contribution in [0.25, 0.3) is 0 Å². The van der Waals surface area contributed by atoms with Crippen molar-refractivity contribution in [3.05, 3.63) is 53.6 Å². The summed E-state index contributed by atoms with van der Waals surface area (Å²) in [7, 11) is 3.08. The molecule has 0 bridgehead atoms. The second-order valence-corrected chi connectivity index (χ2v) is 4.31. The zero-order chi connectivity index (χ0) is 15.2. The highest BCUT2D eigenvalue weighted by Gasteiger charge is 2.10. The van der Waals surface area contributed by atoms with E-state index >= 15 is 0 Å². The molecule has 1 N–H and O–H groups in total. The number of aromatic carboxylic acids is 1. The minimum atomic E-state index is -1.01. The molecule has 21 heavy (non-hydrogen) atoms. The van der Waals surface area contributed by atoms with Crippen molar-refractivity contribution in [3.8, 4) is 17.2 Å². The first kappa shape index (κ1) is 14.7. The average molecular weight is 288 g/mol. The Morgan fingerprint density at radius 1 is 1.05 bits per heavy atom. The molecule has 0 aliphatic rings. The maximum atomic E-state index is 10.9. The maximum Gasteiger partial charge on any atom is 0.335 e. The van der Waals surface area contributed by atoms with Gasteiger partial charge in [-0.2, -0.15) is 0 Å². The molecule has 2 aromatic carbocycles. The number of benzene rings is 2. The highest BCUT2D eigenvalue weighted by Crippen LogP contribution is 2.29. The van der Waals surface area contributed by atoms with Crippen molar-refractivity contribution in [3.63, 3.8) is 0 Å². The number of methoxy groups -OCH3 is 2. The number of carboxylic acid groups (broad SMARTS) is 1. The fraction of sp³-hybridized carbons (Fsp3) is 0.188. The van der Waals surface area contributed by atoms with Crippen LogP contribution in [0, 0.1) is 0 Å². The van der Waals surface area contributed by atoms with E-state index in [1.807, 2.05) is 24.3 Å². The molecule has 0 radical (unpaired) electrons. The molecule has 2 rings (SSSR count). The molecule has 0 heterocycles. The van der Waals surface area contributed by atoms with E-state index in [-0.39, 0.29) is 5.56 Å². The van der Waals surface area contributed by atoms with E-state index in [1.54, 1.807) is 13.2 Å². The molecular formula is C16H16O5. The Bertz CT molecular complexity index is 636. The number of carbonyl (C=O) groups is 1. The topological polar surface area (TPSA) is 65.0 Å². The minimum Gasteiger partial charge on any atom is -0.497 e. The quantitative estimate of drug-likeness (QED) is 0.885. The van der Waals surface area contributed by atoms with Crippen LogP contribution >= 0.6 is 0 Å². The Morgan fingerprint density at radius 3 is 2.52 bits per heavy atom. The van der Waals surface area contributed by atoms with Crippen LogP contribution in [0.2, 0.25) is 0 Å². The van der Waals surface area contributed by atoms with E-state index in [2.05, 4.69) is 0 Å². The third-order valence-electron chi connectivity index (χ3n) is 2.94. The lowest BCUT2D eigenvalue weighted by molar-refractivity contribution is 0.0696. The molecule has 2 aromatic rings. The molecule has 0 unspecified atom stereocenters. The zero-order valence-electron chi connectivity index (χ0n) is 11.8. The van der Waals surface area contributed by atoms with Gasteiger partial charge in [0.2, 0.25) is 0 Å². The molecule has 0 amide bonds. The summed E-state index contributed by atoms with van der Waals surface area (Å²) < 4.78 is 16.0. The molecule has 0 spiro atoms. The summed E-state index contributed by atoms with van der Waals surface area (Å²) in [5, 5.41) is 8.95. The van der Waals surface area contributed by atoms with Gasteiger partial charge in [-0.3, -0.25) is 0 Å². The van der Waals surface area contributed by atoms with Gasteiger partial charge in [0, 0.05) is 0 Å². The molecule has 0 fully saturated rings. The maximum absolute atomic E-state index is 10.9. The standard InChI is InChI=1S/C16H16O5/c1-19-13-5-3-4-11(8-13)10-21-14-7-6-12(16(17)18)9-15(14)20-2/h3-9H,10H2,1-2H3,(H,17,18). The predicted molar refractivity (Wildman–Crippen MR) is 77.3 cm³/mol. The van der Waals surface area contributed by atoms with Gasteiger partial charge in [-0.25, -0.2) is 4.79 Å². The Morgan fingerprint density at radius 2 is 1.86 bits per heavy atom. The fourth-order valence-electron chi connectivity index (χ4n) is 1.84. The van der Waals surface area contributed by atoms with Crippen LogP contribution in [0.3, 0.4) is 0 Å². The van der Waals surface area contributed by atoms with Crippen LogP contribution < -0.4 is 14.2 Å². The zero-order valence-corrected chi connectivity index (χ0v) is 11.8. The van der Waals surface area contributed by atoms with Crippen LogP contribution in [0.5, 0.6) is 17.2 Å². The first-order valence-electron chi connectivity index (χ1n) is 6.31. The second-order valence-electron chi connectivity index (χ2n) is 4.31. The molecular weight excluding hydrogens is 272 g/mol. The number of hydrogen-bond donors (Lipinski definition) is 1. The van der Waals surface area contributed by atoms with Gasteiger partial charge in [0.15, 0.2) is 11.5 Å². The predicted octanol–water partition coefficient (Wildman–Crippen LogP) is 2.98. The van der Waals surface area contributed by atoms with E-state index in [4.69, 9.17) is 19.3 Å². The highest BCUT2D eigenvalue weighted by atomic mass is 16.5. The summed E-state index contributed by atoms with van der Waals surface area (Å²) in [6.07, 6.45) is 0. The van der Waals surface area contributed by atoms with Gasteiger partial charge in [0.05, 0.1) is 19.8 Å². The van der Waals surface area contributed by atoms with Gasteiger partial charge in [-0.1, -0.05) is 12.1 Å². The molecule has 0 saturated carbocycles. The van der Waals surface area contributed by atoms with Crippen molar-refractivity contribution in [2.75, 3.05) is 14.2 Å². The number of rotatable bonds is 6. The molecule has 5 nitrogen and oxygen atoms in total. The summed E-state index contributed by atoms with van der Waals surface area (Å²) in [5.41, 5.74) is 1.10. The smallest absolute Gasteiger partial charge is 0.335 e. The Hall–Kier alpha value is -2.69. The monoisotopic (exact) mass is 288 g/mol. The molecule has 0 aliphatic heterocycles. The molecule has 0 atom stereocenters. The molecule has 0 aromatic heterocycles. The first-order valence-corrected chi connectivity index (χ1v) is 6.31. The highest BCUT2D eigenvalue weighted by molar-refractivity contribution is 5.88. The lowest BCUT2D eigenvalue weighted by Gasteiger charge is -2.11. The lowest BCUT2D eigenvalue weighted by Crippen LogP contribution is -2.01. The lowest BCUT2D eigenvalue weighted by atomic mass is 10.2. The SMILES string of the molecule is COc1cccc(COc2ccc(C(=O)O)cc2OC)c1. The van der Waals surface area contributed by atoms with Gasteiger partial charge >= 0.3 is 5.97 Å². The average Bonchev–Trinajstić information content (AvgIpc) is 2.52. The molecule has 0 saturated heterocycles. The van der Waals surface area contributed by atoms with Gasteiger partial charge in [0.25, 0.3) is 0 Å². The fourth-order valence-corrected chi connectivity index (χ4v) is 1.84. The van der Waals surface area contributed by atoms with Crippen molar-refractivity contribution >= 4 is 5.97 Å². The van der Waals surface area contributed by atoms with Crippen molar-refractivity contribution in [2.24, 2.45) is 0 Å². The normalized spacial score (nSPS) is 10.0. The molecule has 0 aliphatic carbocycles. The van der Waals surface area contributed by atoms with Crippen LogP contribution in [0.15, 0.2) is 42.5 Å². The third-order valence-corrected chi connectivity index (χ3v) is 2.94. The van der Waals surface area contributed by atoms with Crippen LogP contribution in [-0.2, 0) is 6.61 Å². The van der Waals surface area contributed by atoms with Crippen LogP contribution in [0.4, 0.5) is 0 Å². The molecule has 5 heteroatoms. The van der Waals surface area contributed by atoms with Crippen LogP contribution in [0.1, 0.15) is 15.9 Å². The van der Waals surface area contributed by atoms with E-state index in [0.29, 0.717) is 18.1 Å². The second kappa shape index (κ2) is 6.65. The summed E-state index contributed by atoms with van der Waals surface area (Å²) in [4.78, 5) is 10.9. The third kappa shape index (κ3) is 3.66. The minimum absolute atomic E-state index is 0.153. The van der Waals surface area contributed by atoms with Gasteiger partial charge in [0.1, 0.15) is 12.4 Å². The number of hydrogen-bond acceptors (Lipinski definition) is 4. The summed E-state index contributed by atoms with van der Waals surface area (Å²) in [5.74, 6) is 0.625. The van der Waals surface area contributed by atoms with Crippen molar-refractivity contribution in [1.82, 2.24) is 0 Å². The van der Waals surface area contributed by atoms with E-state index < -0.39 is 5.97 Å². The Labute approximate surface area is 122 Å². The Balaban J connectivity index is 2.13. The Kier molecular flexibility index (Phi) is 4.66. The van der Waals surface area contributed by atoms with E-state index in [1.165, 1.54) is 19.2 Å². The van der Waals surface area contributed by atoms with E-state index in [9.17, 15) is 4.79 Å².